The van der Waals surface area contributed by atoms with Crippen LogP contribution < -0.4 is 11.1 Å². The number of nitriles is 1. The van der Waals surface area contributed by atoms with Gasteiger partial charge in [0.15, 0.2) is 11.5 Å². The van der Waals surface area contributed by atoms with E-state index in [0.29, 0.717) is 35.0 Å². The quantitative estimate of drug-likeness (QED) is 0.423. The van der Waals surface area contributed by atoms with Crippen molar-refractivity contribution in [2.24, 2.45) is 0 Å². The molecule has 0 aliphatic heterocycles. The van der Waals surface area contributed by atoms with Crippen molar-refractivity contribution in [1.29, 1.82) is 5.26 Å². The zero-order valence-corrected chi connectivity index (χ0v) is 18.0. The lowest BCUT2D eigenvalue weighted by Gasteiger charge is -2.11. The number of rotatable bonds is 5. The van der Waals surface area contributed by atoms with E-state index in [1.165, 1.54) is 0 Å². The van der Waals surface area contributed by atoms with Crippen molar-refractivity contribution in [1.82, 2.24) is 24.8 Å². The third kappa shape index (κ3) is 3.94. The van der Waals surface area contributed by atoms with E-state index in [-0.39, 0.29) is 5.91 Å². The van der Waals surface area contributed by atoms with Gasteiger partial charge in [0.1, 0.15) is 11.3 Å². The van der Waals surface area contributed by atoms with Gasteiger partial charge in [-0.2, -0.15) is 5.26 Å². The van der Waals surface area contributed by atoms with Gasteiger partial charge in [0, 0.05) is 30.2 Å². The largest absolute Gasteiger partial charge is 0.383 e. The highest BCUT2D eigenvalue weighted by molar-refractivity contribution is 5.94. The first-order valence-corrected chi connectivity index (χ1v) is 10.6. The number of pyridine rings is 2. The van der Waals surface area contributed by atoms with Crippen molar-refractivity contribution in [3.8, 4) is 23.1 Å². The van der Waals surface area contributed by atoms with E-state index in [0.717, 1.165) is 22.3 Å². The smallest absolute Gasteiger partial charge is 0.251 e. The highest BCUT2D eigenvalue weighted by atomic mass is 16.1. The molecule has 3 N–H and O–H groups in total. The average Bonchev–Trinajstić information content (AvgIpc) is 3.27. The van der Waals surface area contributed by atoms with Crippen molar-refractivity contribution in [3.05, 3.63) is 102 Å². The lowest BCUT2D eigenvalue weighted by atomic mass is 10.1. The van der Waals surface area contributed by atoms with Crippen LogP contribution in [0, 0.1) is 11.3 Å². The van der Waals surface area contributed by atoms with Crippen LogP contribution in [0.15, 0.2) is 85.2 Å². The molecule has 0 radical (unpaired) electrons. The number of fused-ring (bicyclic) bond motifs is 1. The summed E-state index contributed by atoms with van der Waals surface area (Å²) in [6.07, 6.45) is 3.37. The molecular weight excluding hydrogens is 426 g/mol. The van der Waals surface area contributed by atoms with Crippen LogP contribution in [0.25, 0.3) is 28.2 Å². The van der Waals surface area contributed by atoms with E-state index in [2.05, 4.69) is 15.3 Å². The number of aromatic nitrogens is 4. The summed E-state index contributed by atoms with van der Waals surface area (Å²) in [5.74, 6) is 0.843. The number of nitrogen functional groups attached to an aromatic ring is 1. The normalized spacial score (nSPS) is 10.7. The van der Waals surface area contributed by atoms with E-state index < -0.39 is 0 Å². The van der Waals surface area contributed by atoms with Crippen LogP contribution in [0.3, 0.4) is 0 Å². The Bertz CT molecular complexity index is 1530. The molecule has 2 aromatic carbocycles. The van der Waals surface area contributed by atoms with Gasteiger partial charge in [-0.05, 0) is 66.2 Å². The minimum absolute atomic E-state index is 0.201. The minimum Gasteiger partial charge on any atom is -0.383 e. The minimum atomic E-state index is -0.201. The molecule has 0 spiro atoms. The van der Waals surface area contributed by atoms with Crippen molar-refractivity contribution < 1.29 is 4.79 Å². The Kier molecular flexibility index (Phi) is 5.42. The highest BCUT2D eigenvalue weighted by Crippen LogP contribution is 2.30. The van der Waals surface area contributed by atoms with E-state index in [4.69, 9.17) is 16.0 Å². The molecule has 0 saturated heterocycles. The molecule has 0 fully saturated rings. The van der Waals surface area contributed by atoms with E-state index in [9.17, 15) is 4.79 Å². The molecule has 0 unspecified atom stereocenters. The van der Waals surface area contributed by atoms with Crippen LogP contribution in [0.2, 0.25) is 0 Å². The van der Waals surface area contributed by atoms with E-state index in [1.54, 1.807) is 36.7 Å². The number of hydrogen-bond donors (Lipinski definition) is 2. The van der Waals surface area contributed by atoms with E-state index in [1.807, 2.05) is 59.2 Å². The molecule has 34 heavy (non-hydrogen) atoms. The number of anilines is 1. The monoisotopic (exact) mass is 445 g/mol. The SMILES string of the molecule is N#Cc1ccc(C(=O)NCc2ccc(-n3c(-c4cccnc4N)nc4cccnc43)cc2)cc1. The predicted molar refractivity (Wildman–Crippen MR) is 129 cm³/mol. The number of carbonyl (C=O) groups is 1. The third-order valence-electron chi connectivity index (χ3n) is 5.42. The van der Waals surface area contributed by atoms with Crippen LogP contribution in [0.5, 0.6) is 0 Å². The van der Waals surface area contributed by atoms with Gasteiger partial charge in [0.25, 0.3) is 5.91 Å². The molecule has 0 atom stereocenters. The third-order valence-corrected chi connectivity index (χ3v) is 5.42. The van der Waals surface area contributed by atoms with Gasteiger partial charge in [0.2, 0.25) is 0 Å². The lowest BCUT2D eigenvalue weighted by molar-refractivity contribution is 0.0951. The zero-order valence-electron chi connectivity index (χ0n) is 18.0. The summed E-state index contributed by atoms with van der Waals surface area (Å²) in [7, 11) is 0. The summed E-state index contributed by atoms with van der Waals surface area (Å²) < 4.78 is 1.95. The van der Waals surface area contributed by atoms with Crippen LogP contribution in [0.4, 0.5) is 5.82 Å². The molecule has 3 aromatic heterocycles. The molecule has 8 nitrogen and oxygen atoms in total. The zero-order chi connectivity index (χ0) is 23.5. The maximum atomic E-state index is 12.4. The van der Waals surface area contributed by atoms with Crippen molar-refractivity contribution in [3.63, 3.8) is 0 Å². The standard InChI is InChI=1S/C26H19N7O/c27-15-17-5-9-19(10-6-17)26(34)31-16-18-7-11-20(12-8-18)33-24(21-3-1-13-29-23(21)28)32-22-4-2-14-30-25(22)33/h1-14H,16H2,(H2,28,29)(H,31,34). The fourth-order valence-electron chi connectivity index (χ4n) is 3.69. The number of benzene rings is 2. The topological polar surface area (TPSA) is 123 Å². The van der Waals surface area contributed by atoms with Gasteiger partial charge in [-0.3, -0.25) is 9.36 Å². The molecule has 164 valence electrons. The highest BCUT2D eigenvalue weighted by Gasteiger charge is 2.17. The Labute approximate surface area is 195 Å². The molecule has 0 saturated carbocycles. The second-order valence-electron chi connectivity index (χ2n) is 7.59. The van der Waals surface area contributed by atoms with Gasteiger partial charge in [-0.1, -0.05) is 12.1 Å². The summed E-state index contributed by atoms with van der Waals surface area (Å²) >= 11 is 0. The van der Waals surface area contributed by atoms with Gasteiger partial charge in [-0.15, -0.1) is 0 Å². The molecular formula is C26H19N7O. The maximum absolute atomic E-state index is 12.4. The summed E-state index contributed by atoms with van der Waals surface area (Å²) in [5, 5.41) is 11.8. The predicted octanol–water partition coefficient (Wildman–Crippen LogP) is 3.87. The maximum Gasteiger partial charge on any atom is 0.251 e. The number of nitrogens with one attached hydrogen (secondary N) is 1. The number of imidazole rings is 1. The summed E-state index contributed by atoms with van der Waals surface area (Å²) in [6, 6.07) is 23.8. The van der Waals surface area contributed by atoms with Crippen molar-refractivity contribution in [2.75, 3.05) is 5.73 Å². The van der Waals surface area contributed by atoms with Crippen LogP contribution in [-0.4, -0.2) is 25.4 Å². The number of nitrogens with two attached hydrogens (primary N) is 1. The van der Waals surface area contributed by atoms with Gasteiger partial charge in [-0.25, -0.2) is 15.0 Å². The number of amides is 1. The number of hydrogen-bond acceptors (Lipinski definition) is 6. The molecule has 3 heterocycles. The second kappa shape index (κ2) is 8.84. The molecule has 0 aliphatic rings. The molecule has 8 heteroatoms. The average molecular weight is 445 g/mol. The molecule has 5 aromatic rings. The first-order valence-electron chi connectivity index (χ1n) is 10.6. The summed E-state index contributed by atoms with van der Waals surface area (Å²) in [6.45, 7) is 0.366. The number of carbonyl (C=O) groups excluding carboxylic acids is 1. The first-order chi connectivity index (χ1) is 16.6. The fourth-order valence-corrected chi connectivity index (χ4v) is 3.69. The van der Waals surface area contributed by atoms with E-state index >= 15 is 0 Å². The summed E-state index contributed by atoms with van der Waals surface area (Å²) in [4.78, 5) is 25.9. The lowest BCUT2D eigenvalue weighted by Crippen LogP contribution is -2.22. The van der Waals surface area contributed by atoms with Crippen molar-refractivity contribution in [2.45, 2.75) is 6.54 Å². The Morgan fingerprint density at radius 1 is 0.971 bits per heavy atom. The van der Waals surface area contributed by atoms with Gasteiger partial charge >= 0.3 is 0 Å². The summed E-state index contributed by atoms with van der Waals surface area (Å²) in [5.41, 5.74) is 11.1. The van der Waals surface area contributed by atoms with Crippen molar-refractivity contribution >= 4 is 22.9 Å². The van der Waals surface area contributed by atoms with Crippen LogP contribution in [-0.2, 0) is 6.54 Å². The fraction of sp³-hybridized carbons (Fsp3) is 0.0385. The molecule has 1 amide bonds. The molecule has 0 aliphatic carbocycles. The molecule has 5 rings (SSSR count). The van der Waals surface area contributed by atoms with Crippen LogP contribution in [0.1, 0.15) is 21.5 Å². The second-order valence-corrected chi connectivity index (χ2v) is 7.59. The Morgan fingerprint density at radius 3 is 2.44 bits per heavy atom. The Morgan fingerprint density at radius 2 is 1.71 bits per heavy atom. The molecule has 0 bridgehead atoms. The Balaban J connectivity index is 1.42. The Hall–Kier alpha value is -5.03. The van der Waals surface area contributed by atoms with Gasteiger partial charge in [0.05, 0.1) is 17.2 Å². The van der Waals surface area contributed by atoms with Crippen LogP contribution >= 0.6 is 0 Å². The number of nitrogens with zero attached hydrogens (tertiary/aromatic N) is 5. The van der Waals surface area contributed by atoms with Gasteiger partial charge < -0.3 is 11.1 Å². The first kappa shape index (κ1) is 20.8.